The van der Waals surface area contributed by atoms with Crippen LogP contribution in [0.25, 0.3) is 0 Å². The Kier molecular flexibility index (Phi) is 3.77. The van der Waals surface area contributed by atoms with Gasteiger partial charge in [0.2, 0.25) is 0 Å². The maximum absolute atomic E-state index is 11.0. The molecule has 2 amide bonds. The first-order valence-electron chi connectivity index (χ1n) is 3.89. The number of hydrogen-bond acceptors (Lipinski definition) is 4. The Balaban J connectivity index is 2.18. The number of anilines is 1. The van der Waals surface area contributed by atoms with Crippen LogP contribution in [0, 0.1) is 0 Å². The summed E-state index contributed by atoms with van der Waals surface area (Å²) < 4.78 is 4.51. The lowest BCUT2D eigenvalue weighted by atomic mass is 10.4. The van der Waals surface area contributed by atoms with Gasteiger partial charge in [-0.25, -0.2) is 4.79 Å². The Bertz CT molecular complexity index is 247. The van der Waals surface area contributed by atoms with Gasteiger partial charge >= 0.3 is 6.03 Å². The largest absolute Gasteiger partial charge is 0.396 e. The van der Waals surface area contributed by atoms with Gasteiger partial charge in [0, 0.05) is 19.2 Å². The van der Waals surface area contributed by atoms with Crippen LogP contribution in [0.4, 0.5) is 10.6 Å². The highest BCUT2D eigenvalue weighted by Gasteiger charge is 2.01. The number of aromatic nitrogens is 1. The molecule has 0 aliphatic rings. The fraction of sp³-hybridized carbons (Fsp3) is 0.429. The number of nitrogens with zero attached hydrogens (tertiary/aromatic N) is 1. The van der Waals surface area contributed by atoms with Crippen molar-refractivity contribution in [3.05, 3.63) is 12.3 Å². The number of aliphatic hydroxyl groups is 1. The molecule has 0 fully saturated rings. The number of rotatable bonds is 4. The van der Waals surface area contributed by atoms with Crippen molar-refractivity contribution in [2.75, 3.05) is 18.5 Å². The summed E-state index contributed by atoms with van der Waals surface area (Å²) in [5.41, 5.74) is 0. The SMILES string of the molecule is O=C(NCCCO)Nc1ccon1. The van der Waals surface area contributed by atoms with Gasteiger partial charge in [0.1, 0.15) is 6.26 Å². The van der Waals surface area contributed by atoms with E-state index in [1.165, 1.54) is 12.3 Å². The van der Waals surface area contributed by atoms with Crippen LogP contribution < -0.4 is 10.6 Å². The van der Waals surface area contributed by atoms with Crippen LogP contribution in [0.5, 0.6) is 0 Å². The molecule has 0 saturated heterocycles. The van der Waals surface area contributed by atoms with Gasteiger partial charge in [-0.05, 0) is 6.42 Å². The summed E-state index contributed by atoms with van der Waals surface area (Å²) in [5, 5.41) is 16.9. The molecule has 0 atom stereocenters. The molecule has 6 nitrogen and oxygen atoms in total. The smallest absolute Gasteiger partial charge is 0.320 e. The number of amides is 2. The molecular weight excluding hydrogens is 174 g/mol. The lowest BCUT2D eigenvalue weighted by Crippen LogP contribution is -2.29. The molecule has 72 valence electrons. The van der Waals surface area contributed by atoms with Crippen LogP contribution in [0.1, 0.15) is 6.42 Å². The van der Waals surface area contributed by atoms with Crippen molar-refractivity contribution in [2.24, 2.45) is 0 Å². The molecule has 0 aromatic carbocycles. The predicted molar refractivity (Wildman–Crippen MR) is 45.2 cm³/mol. The number of nitrogens with one attached hydrogen (secondary N) is 2. The van der Waals surface area contributed by atoms with E-state index in [2.05, 4.69) is 20.3 Å². The van der Waals surface area contributed by atoms with Gasteiger partial charge in [0.25, 0.3) is 0 Å². The summed E-state index contributed by atoms with van der Waals surface area (Å²) in [4.78, 5) is 11.0. The van der Waals surface area contributed by atoms with Crippen LogP contribution >= 0.6 is 0 Å². The first-order chi connectivity index (χ1) is 6.33. The second kappa shape index (κ2) is 5.15. The molecule has 1 heterocycles. The number of urea groups is 1. The second-order valence-electron chi connectivity index (χ2n) is 2.34. The molecule has 1 rings (SSSR count). The Hall–Kier alpha value is -1.56. The average Bonchev–Trinajstić information content (AvgIpc) is 2.57. The molecule has 0 radical (unpaired) electrons. The molecule has 0 saturated carbocycles. The van der Waals surface area contributed by atoms with Gasteiger partial charge in [-0.3, -0.25) is 5.32 Å². The maximum atomic E-state index is 11.0. The third-order valence-electron chi connectivity index (χ3n) is 1.30. The molecule has 0 bridgehead atoms. The highest BCUT2D eigenvalue weighted by Crippen LogP contribution is 1.99. The molecule has 0 aliphatic carbocycles. The Morgan fingerprint density at radius 3 is 3.15 bits per heavy atom. The van der Waals surface area contributed by atoms with E-state index in [0.29, 0.717) is 18.8 Å². The van der Waals surface area contributed by atoms with E-state index < -0.39 is 0 Å². The molecule has 3 N–H and O–H groups in total. The van der Waals surface area contributed by atoms with E-state index in [1.54, 1.807) is 0 Å². The van der Waals surface area contributed by atoms with Crippen LogP contribution in [-0.2, 0) is 0 Å². The molecule has 0 aliphatic heterocycles. The van der Waals surface area contributed by atoms with Gasteiger partial charge in [0.15, 0.2) is 5.82 Å². The summed E-state index contributed by atoms with van der Waals surface area (Å²) in [6.07, 6.45) is 1.90. The minimum Gasteiger partial charge on any atom is -0.396 e. The van der Waals surface area contributed by atoms with Crippen molar-refractivity contribution in [1.29, 1.82) is 0 Å². The predicted octanol–water partition coefficient (Wildman–Crippen LogP) is 0.178. The summed E-state index contributed by atoms with van der Waals surface area (Å²) in [7, 11) is 0. The van der Waals surface area contributed by atoms with Gasteiger partial charge in [-0.2, -0.15) is 0 Å². The van der Waals surface area contributed by atoms with E-state index in [0.717, 1.165) is 0 Å². The summed E-state index contributed by atoms with van der Waals surface area (Å²) >= 11 is 0. The minimum atomic E-state index is -0.359. The molecule has 0 spiro atoms. The van der Waals surface area contributed by atoms with Gasteiger partial charge in [0.05, 0.1) is 0 Å². The molecule has 1 aromatic heterocycles. The monoisotopic (exact) mass is 185 g/mol. The number of carbonyl (C=O) groups is 1. The molecular formula is C7H11N3O3. The van der Waals surface area contributed by atoms with Crippen molar-refractivity contribution in [1.82, 2.24) is 10.5 Å². The Morgan fingerprint density at radius 2 is 2.54 bits per heavy atom. The van der Waals surface area contributed by atoms with E-state index >= 15 is 0 Å². The van der Waals surface area contributed by atoms with Crippen LogP contribution in [-0.4, -0.2) is 29.4 Å². The van der Waals surface area contributed by atoms with E-state index in [-0.39, 0.29) is 12.6 Å². The first-order valence-corrected chi connectivity index (χ1v) is 3.89. The Morgan fingerprint density at radius 1 is 1.69 bits per heavy atom. The van der Waals surface area contributed by atoms with E-state index in [9.17, 15) is 4.79 Å². The number of carbonyl (C=O) groups excluding carboxylic acids is 1. The summed E-state index contributed by atoms with van der Waals surface area (Å²) in [5.74, 6) is 0.362. The molecule has 1 aromatic rings. The van der Waals surface area contributed by atoms with Crippen molar-refractivity contribution in [2.45, 2.75) is 6.42 Å². The fourth-order valence-corrected chi connectivity index (χ4v) is 0.718. The van der Waals surface area contributed by atoms with Crippen LogP contribution in [0.15, 0.2) is 16.9 Å². The van der Waals surface area contributed by atoms with Crippen molar-refractivity contribution >= 4 is 11.8 Å². The van der Waals surface area contributed by atoms with Gasteiger partial charge in [-0.15, -0.1) is 0 Å². The lowest BCUT2D eigenvalue weighted by Gasteiger charge is -2.02. The molecule has 0 unspecified atom stereocenters. The average molecular weight is 185 g/mol. The summed E-state index contributed by atoms with van der Waals surface area (Å²) in [6, 6.07) is 1.17. The third kappa shape index (κ3) is 3.57. The molecule has 6 heteroatoms. The Labute approximate surface area is 74.9 Å². The van der Waals surface area contributed by atoms with Crippen molar-refractivity contribution < 1.29 is 14.4 Å². The first kappa shape index (κ1) is 9.53. The van der Waals surface area contributed by atoms with Crippen LogP contribution in [0.2, 0.25) is 0 Å². The minimum absolute atomic E-state index is 0.0598. The van der Waals surface area contributed by atoms with E-state index in [4.69, 9.17) is 5.11 Å². The van der Waals surface area contributed by atoms with Crippen molar-refractivity contribution in [3.63, 3.8) is 0 Å². The highest BCUT2D eigenvalue weighted by atomic mass is 16.5. The second-order valence-corrected chi connectivity index (χ2v) is 2.34. The summed E-state index contributed by atoms with van der Waals surface area (Å²) in [6.45, 7) is 0.491. The third-order valence-corrected chi connectivity index (χ3v) is 1.30. The van der Waals surface area contributed by atoms with Gasteiger partial charge in [-0.1, -0.05) is 5.16 Å². The van der Waals surface area contributed by atoms with Gasteiger partial charge < -0.3 is 14.9 Å². The van der Waals surface area contributed by atoms with Crippen molar-refractivity contribution in [3.8, 4) is 0 Å². The standard InChI is InChI=1S/C7H11N3O3/c11-4-1-3-8-7(12)9-6-2-5-13-10-6/h2,5,11H,1,3-4H2,(H2,8,9,10,12). The molecule has 13 heavy (non-hydrogen) atoms. The quantitative estimate of drug-likeness (QED) is 0.584. The number of hydrogen-bond donors (Lipinski definition) is 3. The zero-order valence-corrected chi connectivity index (χ0v) is 6.99. The van der Waals surface area contributed by atoms with Crippen LogP contribution in [0.3, 0.4) is 0 Å². The zero-order chi connectivity index (χ0) is 9.52. The normalized spacial score (nSPS) is 9.62. The maximum Gasteiger partial charge on any atom is 0.320 e. The zero-order valence-electron chi connectivity index (χ0n) is 6.99. The van der Waals surface area contributed by atoms with E-state index in [1.807, 2.05) is 0 Å². The fourth-order valence-electron chi connectivity index (χ4n) is 0.718. The lowest BCUT2D eigenvalue weighted by molar-refractivity contribution is 0.248. The number of aliphatic hydroxyl groups excluding tert-OH is 1. The topological polar surface area (TPSA) is 87.4 Å². The highest BCUT2D eigenvalue weighted by molar-refractivity contribution is 5.87.